The summed E-state index contributed by atoms with van der Waals surface area (Å²) in [5.74, 6) is 0.0662. The summed E-state index contributed by atoms with van der Waals surface area (Å²) in [4.78, 5) is 21.2. The standard InChI is InChI=1S/C23H20BrN3O6/c1-2-32-21-11-17(13-25-26-18-7-9-19(10-8-18)27(30)31)20(24)12-22(21)33-14-15-3-5-16(6-4-15)23(28)29/h3-13,26H,2,14H2,1H3,(H,28,29). The van der Waals surface area contributed by atoms with Gasteiger partial charge in [0.15, 0.2) is 11.5 Å². The van der Waals surface area contributed by atoms with E-state index in [0.717, 1.165) is 15.6 Å². The summed E-state index contributed by atoms with van der Waals surface area (Å²) in [5, 5.41) is 23.9. The van der Waals surface area contributed by atoms with Crippen molar-refractivity contribution >= 4 is 39.5 Å². The number of hydrogen-bond donors (Lipinski definition) is 2. The maximum atomic E-state index is 11.0. The van der Waals surface area contributed by atoms with Crippen LogP contribution in [0.5, 0.6) is 11.5 Å². The van der Waals surface area contributed by atoms with Crippen LogP contribution in [0.2, 0.25) is 0 Å². The van der Waals surface area contributed by atoms with Crippen molar-refractivity contribution in [2.75, 3.05) is 12.0 Å². The highest BCUT2D eigenvalue weighted by molar-refractivity contribution is 9.10. The van der Waals surface area contributed by atoms with Crippen molar-refractivity contribution < 1.29 is 24.3 Å². The highest BCUT2D eigenvalue weighted by Crippen LogP contribution is 2.34. The molecule has 0 atom stereocenters. The lowest BCUT2D eigenvalue weighted by Gasteiger charge is -2.14. The number of carbonyl (C=O) groups is 1. The minimum absolute atomic E-state index is 0.00190. The third-order valence-corrected chi connectivity index (χ3v) is 5.12. The number of benzene rings is 3. The minimum atomic E-state index is -0.981. The van der Waals surface area contributed by atoms with Crippen molar-refractivity contribution in [1.82, 2.24) is 0 Å². The molecule has 0 aliphatic heterocycles. The Morgan fingerprint density at radius 1 is 1.12 bits per heavy atom. The number of nitro benzene ring substituents is 1. The molecule has 0 aliphatic rings. The molecule has 0 fully saturated rings. The van der Waals surface area contributed by atoms with Crippen molar-refractivity contribution in [3.63, 3.8) is 0 Å². The van der Waals surface area contributed by atoms with Crippen LogP contribution in [0.4, 0.5) is 11.4 Å². The predicted molar refractivity (Wildman–Crippen MR) is 127 cm³/mol. The van der Waals surface area contributed by atoms with E-state index < -0.39 is 10.9 Å². The fourth-order valence-electron chi connectivity index (χ4n) is 2.77. The number of carboxylic acids is 1. The van der Waals surface area contributed by atoms with Crippen LogP contribution in [0.1, 0.15) is 28.4 Å². The predicted octanol–water partition coefficient (Wildman–Crippen LogP) is 5.48. The van der Waals surface area contributed by atoms with Gasteiger partial charge in [0.2, 0.25) is 0 Å². The largest absolute Gasteiger partial charge is 0.490 e. The van der Waals surface area contributed by atoms with Crippen molar-refractivity contribution in [2.45, 2.75) is 13.5 Å². The van der Waals surface area contributed by atoms with E-state index in [0.29, 0.717) is 23.8 Å². The molecule has 3 aromatic rings. The first kappa shape index (κ1) is 23.7. The maximum Gasteiger partial charge on any atom is 0.335 e. The Labute approximate surface area is 197 Å². The zero-order valence-corrected chi connectivity index (χ0v) is 19.1. The lowest BCUT2D eigenvalue weighted by molar-refractivity contribution is -0.384. The molecule has 10 heteroatoms. The average molecular weight is 514 g/mol. The topological polar surface area (TPSA) is 123 Å². The maximum absolute atomic E-state index is 11.0. The Morgan fingerprint density at radius 2 is 1.79 bits per heavy atom. The number of anilines is 1. The van der Waals surface area contributed by atoms with Crippen LogP contribution in [0.3, 0.4) is 0 Å². The molecule has 0 bridgehead atoms. The Balaban J connectivity index is 1.70. The quantitative estimate of drug-likeness (QED) is 0.209. The first-order valence-corrected chi connectivity index (χ1v) is 10.6. The molecular weight excluding hydrogens is 494 g/mol. The summed E-state index contributed by atoms with van der Waals surface area (Å²) < 4.78 is 12.3. The number of nitro groups is 1. The van der Waals surface area contributed by atoms with Crippen LogP contribution in [0.15, 0.2) is 70.2 Å². The molecule has 0 heterocycles. The van der Waals surface area contributed by atoms with E-state index in [1.54, 1.807) is 42.6 Å². The number of ether oxygens (including phenoxy) is 2. The third kappa shape index (κ3) is 6.53. The highest BCUT2D eigenvalue weighted by atomic mass is 79.9. The molecule has 0 saturated carbocycles. The summed E-state index contributed by atoms with van der Waals surface area (Å²) in [6, 6.07) is 15.9. The first-order valence-electron chi connectivity index (χ1n) is 9.82. The molecule has 3 rings (SSSR count). The second-order valence-corrected chi connectivity index (χ2v) is 7.57. The number of carboxylic acid groups (broad SMARTS) is 1. The lowest BCUT2D eigenvalue weighted by atomic mass is 10.1. The Kier molecular flexibility index (Phi) is 7.98. The molecular formula is C23H20BrN3O6. The molecule has 33 heavy (non-hydrogen) atoms. The fraction of sp³-hybridized carbons (Fsp3) is 0.130. The number of rotatable bonds is 10. The van der Waals surface area contributed by atoms with Gasteiger partial charge in [0, 0.05) is 22.2 Å². The molecule has 0 amide bonds. The molecule has 170 valence electrons. The van der Waals surface area contributed by atoms with Gasteiger partial charge in [0.05, 0.1) is 29.0 Å². The summed E-state index contributed by atoms with van der Waals surface area (Å²) in [5.41, 5.74) is 5.18. The monoisotopic (exact) mass is 513 g/mol. The zero-order valence-electron chi connectivity index (χ0n) is 17.5. The smallest absolute Gasteiger partial charge is 0.335 e. The summed E-state index contributed by atoms with van der Waals surface area (Å²) in [6.07, 6.45) is 1.59. The van der Waals surface area contributed by atoms with Crippen molar-refractivity contribution in [3.8, 4) is 11.5 Å². The number of hydrogen-bond acceptors (Lipinski definition) is 7. The van der Waals surface area contributed by atoms with Gasteiger partial charge in [-0.3, -0.25) is 15.5 Å². The van der Waals surface area contributed by atoms with Crippen LogP contribution < -0.4 is 14.9 Å². The van der Waals surface area contributed by atoms with Crippen molar-refractivity contribution in [2.24, 2.45) is 5.10 Å². The van der Waals surface area contributed by atoms with Crippen LogP contribution in [-0.2, 0) is 6.61 Å². The number of non-ortho nitro benzene ring substituents is 1. The Morgan fingerprint density at radius 3 is 2.39 bits per heavy atom. The molecule has 0 aromatic heterocycles. The molecule has 0 spiro atoms. The highest BCUT2D eigenvalue weighted by Gasteiger charge is 2.11. The van der Waals surface area contributed by atoms with Gasteiger partial charge in [-0.15, -0.1) is 0 Å². The van der Waals surface area contributed by atoms with E-state index in [1.807, 2.05) is 6.92 Å². The SMILES string of the molecule is CCOc1cc(C=NNc2ccc([N+](=O)[O-])cc2)c(Br)cc1OCc1ccc(C(=O)O)cc1. The Bertz CT molecular complexity index is 1160. The van der Waals surface area contributed by atoms with E-state index >= 15 is 0 Å². The molecule has 2 N–H and O–H groups in total. The van der Waals surface area contributed by atoms with E-state index in [4.69, 9.17) is 14.6 Å². The third-order valence-electron chi connectivity index (χ3n) is 4.43. The molecule has 3 aromatic carbocycles. The van der Waals surface area contributed by atoms with Crippen LogP contribution >= 0.6 is 15.9 Å². The van der Waals surface area contributed by atoms with Gasteiger partial charge in [0.1, 0.15) is 6.61 Å². The summed E-state index contributed by atoms with van der Waals surface area (Å²) in [7, 11) is 0. The van der Waals surface area contributed by atoms with Gasteiger partial charge < -0.3 is 14.6 Å². The van der Waals surface area contributed by atoms with Crippen molar-refractivity contribution in [1.29, 1.82) is 0 Å². The van der Waals surface area contributed by atoms with Crippen LogP contribution in [0.25, 0.3) is 0 Å². The average Bonchev–Trinajstić information content (AvgIpc) is 2.80. The molecule has 9 nitrogen and oxygen atoms in total. The first-order chi connectivity index (χ1) is 15.9. The van der Waals surface area contributed by atoms with E-state index in [1.165, 1.54) is 24.3 Å². The number of halogens is 1. The van der Waals surface area contributed by atoms with Gasteiger partial charge in [-0.2, -0.15) is 5.10 Å². The fourth-order valence-corrected chi connectivity index (χ4v) is 3.19. The zero-order chi connectivity index (χ0) is 23.8. The second kappa shape index (κ2) is 11.1. The van der Waals surface area contributed by atoms with Gasteiger partial charge in [0.25, 0.3) is 5.69 Å². The number of nitrogens with zero attached hydrogens (tertiary/aromatic N) is 2. The minimum Gasteiger partial charge on any atom is -0.490 e. The van der Waals surface area contributed by atoms with Crippen LogP contribution in [0, 0.1) is 10.1 Å². The van der Waals surface area contributed by atoms with Gasteiger partial charge >= 0.3 is 5.97 Å². The second-order valence-electron chi connectivity index (χ2n) is 6.72. The normalized spacial score (nSPS) is 10.7. The van der Waals surface area contributed by atoms with E-state index in [9.17, 15) is 14.9 Å². The van der Waals surface area contributed by atoms with Gasteiger partial charge in [-0.1, -0.05) is 12.1 Å². The number of hydrazone groups is 1. The van der Waals surface area contributed by atoms with Crippen molar-refractivity contribution in [3.05, 3.63) is 91.9 Å². The number of nitrogens with one attached hydrogen (secondary N) is 1. The van der Waals surface area contributed by atoms with Crippen LogP contribution in [-0.4, -0.2) is 28.8 Å². The molecule has 0 unspecified atom stereocenters. The summed E-state index contributed by atoms with van der Waals surface area (Å²) in [6.45, 7) is 2.53. The molecule has 0 aliphatic carbocycles. The lowest BCUT2D eigenvalue weighted by Crippen LogP contribution is -2.02. The van der Waals surface area contributed by atoms with E-state index in [2.05, 4.69) is 26.5 Å². The van der Waals surface area contributed by atoms with Gasteiger partial charge in [-0.25, -0.2) is 4.79 Å². The molecule has 0 saturated heterocycles. The number of aromatic carboxylic acids is 1. The molecule has 0 radical (unpaired) electrons. The van der Waals surface area contributed by atoms with E-state index in [-0.39, 0.29) is 17.9 Å². The summed E-state index contributed by atoms with van der Waals surface area (Å²) >= 11 is 3.50. The Hall–Kier alpha value is -3.92. The van der Waals surface area contributed by atoms with Gasteiger partial charge in [-0.05, 0) is 64.8 Å².